The van der Waals surface area contributed by atoms with Crippen molar-refractivity contribution in [3.8, 4) is 11.6 Å². The zero-order valence-corrected chi connectivity index (χ0v) is 16.2. The number of benzene rings is 1. The number of hydrogen-bond donors (Lipinski definition) is 1. The van der Waals surface area contributed by atoms with Crippen molar-refractivity contribution in [2.45, 2.75) is 20.3 Å². The van der Waals surface area contributed by atoms with E-state index in [0.717, 1.165) is 50.4 Å². The second kappa shape index (κ2) is 9.43. The summed E-state index contributed by atoms with van der Waals surface area (Å²) in [6.07, 6.45) is 2.11. The molecule has 9 nitrogen and oxygen atoms in total. The second-order valence-corrected chi connectivity index (χ2v) is 6.72. The molecule has 1 aromatic carbocycles. The molecule has 1 N–H and O–H groups in total. The van der Waals surface area contributed by atoms with E-state index >= 15 is 0 Å². The molecular weight excluding hydrogens is 362 g/mol. The van der Waals surface area contributed by atoms with Crippen LogP contribution in [0.1, 0.15) is 17.5 Å². The highest BCUT2D eigenvalue weighted by molar-refractivity contribution is 5.61. The fraction of sp³-hybridized carbons (Fsp3) is 0.474. The summed E-state index contributed by atoms with van der Waals surface area (Å²) in [6.45, 7) is 8.76. The summed E-state index contributed by atoms with van der Waals surface area (Å²) in [4.78, 5) is 21.4. The average molecular weight is 387 g/mol. The van der Waals surface area contributed by atoms with Gasteiger partial charge in [-0.15, -0.1) is 0 Å². The molecule has 150 valence electrons. The Morgan fingerprint density at radius 2 is 2.04 bits per heavy atom. The minimum Gasteiger partial charge on any atom is -0.434 e. The number of rotatable bonds is 8. The molecule has 1 aromatic heterocycles. The molecule has 0 unspecified atom stereocenters. The van der Waals surface area contributed by atoms with Crippen molar-refractivity contribution >= 4 is 11.5 Å². The molecule has 28 heavy (non-hydrogen) atoms. The summed E-state index contributed by atoms with van der Waals surface area (Å²) in [5.41, 5.74) is 1.90. The standard InChI is InChI=1S/C19H25N5O4/c1-14-4-5-16(12-15(14)2)28-19-17(24(25)26)18(21-13-22-19)20-6-3-7-23-8-10-27-11-9-23/h4-5,12-13H,3,6-11H2,1-2H3,(H,20,21,22). The molecule has 1 aliphatic heterocycles. The molecule has 1 saturated heterocycles. The Bertz CT molecular complexity index is 824. The Hall–Kier alpha value is -2.78. The molecule has 2 heterocycles. The van der Waals surface area contributed by atoms with Crippen molar-refractivity contribution in [2.24, 2.45) is 0 Å². The Morgan fingerprint density at radius 1 is 1.25 bits per heavy atom. The van der Waals surface area contributed by atoms with Gasteiger partial charge in [0.25, 0.3) is 0 Å². The lowest BCUT2D eigenvalue weighted by atomic mass is 10.1. The van der Waals surface area contributed by atoms with Gasteiger partial charge in [-0.25, -0.2) is 4.98 Å². The number of nitro groups is 1. The molecule has 0 atom stereocenters. The molecule has 1 aliphatic rings. The third-order valence-corrected chi connectivity index (χ3v) is 4.71. The molecule has 2 aromatic rings. The van der Waals surface area contributed by atoms with E-state index in [0.29, 0.717) is 12.3 Å². The van der Waals surface area contributed by atoms with Gasteiger partial charge in [-0.05, 0) is 50.1 Å². The van der Waals surface area contributed by atoms with Crippen LogP contribution < -0.4 is 10.1 Å². The van der Waals surface area contributed by atoms with E-state index in [2.05, 4.69) is 20.2 Å². The van der Waals surface area contributed by atoms with Gasteiger partial charge in [0, 0.05) is 19.6 Å². The van der Waals surface area contributed by atoms with Crippen LogP contribution in [0, 0.1) is 24.0 Å². The third-order valence-electron chi connectivity index (χ3n) is 4.71. The van der Waals surface area contributed by atoms with Gasteiger partial charge in [-0.1, -0.05) is 6.07 Å². The van der Waals surface area contributed by atoms with Gasteiger partial charge in [0.2, 0.25) is 5.82 Å². The number of ether oxygens (including phenoxy) is 2. The number of hydrogen-bond acceptors (Lipinski definition) is 8. The highest BCUT2D eigenvalue weighted by Gasteiger charge is 2.25. The summed E-state index contributed by atoms with van der Waals surface area (Å²) in [5, 5.41) is 14.7. The first-order valence-corrected chi connectivity index (χ1v) is 9.33. The number of nitrogens with one attached hydrogen (secondary N) is 1. The van der Waals surface area contributed by atoms with E-state index in [4.69, 9.17) is 9.47 Å². The fourth-order valence-electron chi connectivity index (χ4n) is 2.95. The van der Waals surface area contributed by atoms with Crippen LogP contribution in [0.25, 0.3) is 0 Å². The van der Waals surface area contributed by atoms with Crippen LogP contribution in [0.2, 0.25) is 0 Å². The lowest BCUT2D eigenvalue weighted by Gasteiger charge is -2.26. The second-order valence-electron chi connectivity index (χ2n) is 6.72. The largest absolute Gasteiger partial charge is 0.434 e. The predicted octanol–water partition coefficient (Wildman–Crippen LogP) is 2.93. The summed E-state index contributed by atoms with van der Waals surface area (Å²) >= 11 is 0. The van der Waals surface area contributed by atoms with Crippen LogP contribution in [-0.2, 0) is 4.74 Å². The third kappa shape index (κ3) is 5.14. The Morgan fingerprint density at radius 3 is 2.75 bits per heavy atom. The van der Waals surface area contributed by atoms with Gasteiger partial charge >= 0.3 is 11.6 Å². The number of nitrogens with zero attached hydrogens (tertiary/aromatic N) is 4. The number of morpholine rings is 1. The Kier molecular flexibility index (Phi) is 6.72. The first-order valence-electron chi connectivity index (χ1n) is 9.33. The van der Waals surface area contributed by atoms with E-state index in [1.807, 2.05) is 26.0 Å². The molecule has 3 rings (SSSR count). The number of anilines is 1. The van der Waals surface area contributed by atoms with Gasteiger partial charge in [-0.2, -0.15) is 4.98 Å². The predicted molar refractivity (Wildman–Crippen MR) is 105 cm³/mol. The molecule has 0 saturated carbocycles. The van der Waals surface area contributed by atoms with Crippen molar-refractivity contribution in [1.82, 2.24) is 14.9 Å². The monoisotopic (exact) mass is 387 g/mol. The maximum Gasteiger partial charge on any atom is 0.373 e. The van der Waals surface area contributed by atoms with Gasteiger partial charge in [-0.3, -0.25) is 15.0 Å². The summed E-state index contributed by atoms with van der Waals surface area (Å²) < 4.78 is 11.0. The minimum absolute atomic E-state index is 0.0704. The quantitative estimate of drug-likeness (QED) is 0.419. The highest BCUT2D eigenvalue weighted by Crippen LogP contribution is 2.34. The van der Waals surface area contributed by atoms with E-state index in [-0.39, 0.29) is 17.4 Å². The SMILES string of the molecule is Cc1ccc(Oc2ncnc(NCCCN3CCOCC3)c2[N+](=O)[O-])cc1C. The van der Waals surface area contributed by atoms with E-state index < -0.39 is 4.92 Å². The molecule has 0 radical (unpaired) electrons. The highest BCUT2D eigenvalue weighted by atomic mass is 16.6. The summed E-state index contributed by atoms with van der Waals surface area (Å²) in [7, 11) is 0. The van der Waals surface area contributed by atoms with Crippen molar-refractivity contribution in [1.29, 1.82) is 0 Å². The topological polar surface area (TPSA) is 103 Å². The number of aromatic nitrogens is 2. The maximum atomic E-state index is 11.6. The molecule has 0 spiro atoms. The molecule has 0 amide bonds. The fourth-order valence-corrected chi connectivity index (χ4v) is 2.95. The number of aryl methyl sites for hydroxylation is 2. The summed E-state index contributed by atoms with van der Waals surface area (Å²) in [5.74, 6) is 0.600. The molecule has 9 heteroatoms. The van der Waals surface area contributed by atoms with Crippen LogP contribution in [-0.4, -0.2) is 59.2 Å². The van der Waals surface area contributed by atoms with Gasteiger partial charge in [0.05, 0.1) is 18.1 Å². The van der Waals surface area contributed by atoms with Crippen LogP contribution in [0.3, 0.4) is 0 Å². The van der Waals surface area contributed by atoms with E-state index in [1.54, 1.807) is 6.07 Å². The first-order chi connectivity index (χ1) is 13.5. The summed E-state index contributed by atoms with van der Waals surface area (Å²) in [6, 6.07) is 5.50. The zero-order chi connectivity index (χ0) is 19.9. The zero-order valence-electron chi connectivity index (χ0n) is 16.2. The van der Waals surface area contributed by atoms with Gasteiger partial charge < -0.3 is 14.8 Å². The van der Waals surface area contributed by atoms with Crippen molar-refractivity contribution in [3.05, 3.63) is 45.8 Å². The lowest BCUT2D eigenvalue weighted by molar-refractivity contribution is -0.385. The molecule has 0 bridgehead atoms. The van der Waals surface area contributed by atoms with E-state index in [1.165, 1.54) is 6.33 Å². The van der Waals surface area contributed by atoms with Gasteiger partial charge in [0.1, 0.15) is 12.1 Å². The maximum absolute atomic E-state index is 11.6. The van der Waals surface area contributed by atoms with Crippen molar-refractivity contribution < 1.29 is 14.4 Å². The lowest BCUT2D eigenvalue weighted by Crippen LogP contribution is -2.37. The van der Waals surface area contributed by atoms with Crippen LogP contribution >= 0.6 is 0 Å². The smallest absolute Gasteiger partial charge is 0.373 e. The van der Waals surface area contributed by atoms with Crippen molar-refractivity contribution in [2.75, 3.05) is 44.7 Å². The normalized spacial score (nSPS) is 14.6. The molecule has 1 fully saturated rings. The van der Waals surface area contributed by atoms with Crippen LogP contribution in [0.15, 0.2) is 24.5 Å². The van der Waals surface area contributed by atoms with E-state index in [9.17, 15) is 10.1 Å². The van der Waals surface area contributed by atoms with Crippen LogP contribution in [0.5, 0.6) is 11.6 Å². The Balaban J connectivity index is 1.66. The average Bonchev–Trinajstić information content (AvgIpc) is 2.69. The van der Waals surface area contributed by atoms with Crippen LogP contribution in [0.4, 0.5) is 11.5 Å². The van der Waals surface area contributed by atoms with Crippen molar-refractivity contribution in [3.63, 3.8) is 0 Å². The first kappa shape index (κ1) is 20.0. The Labute approximate surface area is 163 Å². The molecule has 0 aliphatic carbocycles. The molecular formula is C19H25N5O4. The minimum atomic E-state index is -0.513. The van der Waals surface area contributed by atoms with Gasteiger partial charge in [0.15, 0.2) is 0 Å².